The van der Waals surface area contributed by atoms with Gasteiger partial charge in [-0.15, -0.1) is 0 Å². The van der Waals surface area contributed by atoms with Crippen molar-refractivity contribution in [3.8, 4) is 0 Å². The molecule has 2 aromatic rings. The van der Waals surface area contributed by atoms with E-state index in [4.69, 9.17) is 0 Å². The molecule has 2 aliphatic rings. The van der Waals surface area contributed by atoms with E-state index in [0.717, 1.165) is 17.7 Å². The van der Waals surface area contributed by atoms with Gasteiger partial charge in [-0.1, -0.05) is 56.3 Å². The van der Waals surface area contributed by atoms with E-state index in [9.17, 15) is 27.6 Å². The third-order valence-electron chi connectivity index (χ3n) is 6.59. The number of amides is 4. The summed E-state index contributed by atoms with van der Waals surface area (Å²) in [5, 5.41) is 5.63. The number of likely N-dealkylation sites (N-methyl/N-ethyl adjacent to an activating group) is 1. The first kappa shape index (κ1) is 26.2. The second kappa shape index (κ2) is 10.3. The van der Waals surface area contributed by atoms with Gasteiger partial charge in [-0.2, -0.15) is 13.2 Å². The monoisotopic (exact) mass is 514 g/mol. The highest BCUT2D eigenvalue weighted by Crippen LogP contribution is 2.38. The second-order valence-corrected chi connectivity index (χ2v) is 9.70. The third kappa shape index (κ3) is 5.47. The number of nitrogens with zero attached hydrogens (tertiary/aromatic N) is 2. The number of carbonyl (C=O) groups excluding carboxylic acids is 3. The van der Waals surface area contributed by atoms with Gasteiger partial charge in [0.15, 0.2) is 0 Å². The van der Waals surface area contributed by atoms with E-state index in [0.29, 0.717) is 17.8 Å². The first-order chi connectivity index (χ1) is 17.5. The lowest BCUT2D eigenvalue weighted by Crippen LogP contribution is -2.50. The van der Waals surface area contributed by atoms with E-state index >= 15 is 0 Å². The lowest BCUT2D eigenvalue weighted by atomic mass is 9.94. The van der Waals surface area contributed by atoms with Crippen molar-refractivity contribution < 1.29 is 27.6 Å². The minimum Gasteiger partial charge on any atom is -0.354 e. The van der Waals surface area contributed by atoms with E-state index < -0.39 is 35.8 Å². The number of benzene rings is 2. The van der Waals surface area contributed by atoms with E-state index in [2.05, 4.69) is 10.6 Å². The van der Waals surface area contributed by atoms with Crippen LogP contribution in [0.3, 0.4) is 0 Å². The Bertz CT molecular complexity index is 1210. The molecule has 0 aliphatic carbocycles. The SMILES string of the molecule is CC(C)CNC(=O)C(Cc1ccccc1)N1CC2=C(C1=O)C(c1ccc(C(F)(F)F)cc1)NC(=O)N2C. The van der Waals surface area contributed by atoms with Crippen LogP contribution in [0, 0.1) is 5.92 Å². The van der Waals surface area contributed by atoms with Gasteiger partial charge in [0.05, 0.1) is 29.4 Å². The lowest BCUT2D eigenvalue weighted by Gasteiger charge is -2.31. The molecule has 2 aliphatic heterocycles. The number of halogens is 3. The van der Waals surface area contributed by atoms with Crippen molar-refractivity contribution in [3.05, 3.63) is 82.6 Å². The zero-order valence-corrected chi connectivity index (χ0v) is 20.8. The summed E-state index contributed by atoms with van der Waals surface area (Å²) in [4.78, 5) is 42.6. The highest BCUT2D eigenvalue weighted by molar-refractivity contribution is 6.03. The molecule has 10 heteroatoms. The van der Waals surface area contributed by atoms with Crippen molar-refractivity contribution in [3.63, 3.8) is 0 Å². The van der Waals surface area contributed by atoms with Gasteiger partial charge in [-0.3, -0.25) is 14.5 Å². The number of hydrogen-bond acceptors (Lipinski definition) is 3. The summed E-state index contributed by atoms with van der Waals surface area (Å²) in [7, 11) is 1.52. The Balaban J connectivity index is 1.67. The van der Waals surface area contributed by atoms with E-state index in [1.807, 2.05) is 44.2 Å². The molecule has 0 aromatic heterocycles. The molecule has 7 nitrogen and oxygen atoms in total. The van der Waals surface area contributed by atoms with Crippen LogP contribution in [0.25, 0.3) is 0 Å². The highest BCUT2D eigenvalue weighted by Gasteiger charge is 2.46. The number of carbonyl (C=O) groups is 3. The topological polar surface area (TPSA) is 81.8 Å². The molecule has 2 heterocycles. The summed E-state index contributed by atoms with van der Waals surface area (Å²) < 4.78 is 39.2. The Hall–Kier alpha value is -3.82. The Morgan fingerprint density at radius 2 is 1.73 bits per heavy atom. The fraction of sp³-hybridized carbons (Fsp3) is 0.370. The van der Waals surface area contributed by atoms with Crippen LogP contribution in [0.1, 0.15) is 36.6 Å². The smallest absolute Gasteiger partial charge is 0.354 e. The van der Waals surface area contributed by atoms with Gasteiger partial charge in [0.1, 0.15) is 6.04 Å². The largest absolute Gasteiger partial charge is 0.416 e. The van der Waals surface area contributed by atoms with Crippen LogP contribution in [0.5, 0.6) is 0 Å². The van der Waals surface area contributed by atoms with Gasteiger partial charge >= 0.3 is 12.2 Å². The number of rotatable bonds is 7. The first-order valence-electron chi connectivity index (χ1n) is 12.0. The van der Waals surface area contributed by atoms with Crippen LogP contribution >= 0.6 is 0 Å². The molecule has 196 valence electrons. The van der Waals surface area contributed by atoms with Crippen LogP contribution in [-0.4, -0.2) is 53.8 Å². The van der Waals surface area contributed by atoms with Gasteiger partial charge in [0.25, 0.3) is 5.91 Å². The van der Waals surface area contributed by atoms with E-state index in [1.54, 1.807) is 0 Å². The predicted octanol–water partition coefficient (Wildman–Crippen LogP) is 3.88. The molecule has 0 radical (unpaired) electrons. The number of alkyl halides is 3. The van der Waals surface area contributed by atoms with Crippen molar-refractivity contribution in [2.24, 2.45) is 5.92 Å². The van der Waals surface area contributed by atoms with Crippen LogP contribution in [0.2, 0.25) is 0 Å². The summed E-state index contributed by atoms with van der Waals surface area (Å²) in [5.74, 6) is -0.537. The lowest BCUT2D eigenvalue weighted by molar-refractivity contribution is -0.137. The van der Waals surface area contributed by atoms with Gasteiger partial charge in [0, 0.05) is 20.0 Å². The summed E-state index contributed by atoms with van der Waals surface area (Å²) in [5.41, 5.74) is 1.06. The Kier molecular flexibility index (Phi) is 7.29. The van der Waals surface area contributed by atoms with Gasteiger partial charge in [0.2, 0.25) is 5.91 Å². The van der Waals surface area contributed by atoms with Crippen LogP contribution in [0.15, 0.2) is 65.9 Å². The van der Waals surface area contributed by atoms with Crippen molar-refractivity contribution in [1.82, 2.24) is 20.4 Å². The average Bonchev–Trinajstić information content (AvgIpc) is 3.20. The molecule has 2 aromatic carbocycles. The number of nitrogens with one attached hydrogen (secondary N) is 2. The minimum absolute atomic E-state index is 0.0296. The summed E-state index contributed by atoms with van der Waals surface area (Å²) in [6.45, 7) is 4.40. The maximum absolute atomic E-state index is 13.8. The standard InChI is InChI=1S/C27H29F3N4O3/c1-16(2)14-31-24(35)20(13-17-7-5-4-6-8-17)34-15-21-22(25(34)36)23(32-26(37)33(21)3)18-9-11-19(12-10-18)27(28,29)30/h4-12,16,20,23H,13-15H2,1-3H3,(H,31,35)(H,32,37). The minimum atomic E-state index is -4.51. The van der Waals surface area contributed by atoms with Crippen molar-refractivity contribution in [2.45, 2.75) is 38.5 Å². The molecule has 0 saturated carbocycles. The third-order valence-corrected chi connectivity index (χ3v) is 6.59. The summed E-state index contributed by atoms with van der Waals surface area (Å²) in [6, 6.07) is 11.4. The fourth-order valence-electron chi connectivity index (χ4n) is 4.56. The maximum Gasteiger partial charge on any atom is 0.416 e. The van der Waals surface area contributed by atoms with E-state index in [-0.39, 0.29) is 30.4 Å². The van der Waals surface area contributed by atoms with E-state index in [1.165, 1.54) is 29.0 Å². The molecule has 0 bridgehead atoms. The fourth-order valence-corrected chi connectivity index (χ4v) is 4.56. The van der Waals surface area contributed by atoms with Crippen molar-refractivity contribution in [1.29, 1.82) is 0 Å². The quantitative estimate of drug-likeness (QED) is 0.589. The Morgan fingerprint density at radius 3 is 2.32 bits per heavy atom. The molecule has 0 saturated heterocycles. The van der Waals surface area contributed by atoms with Crippen LogP contribution in [0.4, 0.5) is 18.0 Å². The zero-order chi connectivity index (χ0) is 26.9. The van der Waals surface area contributed by atoms with Crippen LogP contribution in [-0.2, 0) is 22.2 Å². The van der Waals surface area contributed by atoms with Gasteiger partial charge < -0.3 is 15.5 Å². The molecule has 2 atom stereocenters. The second-order valence-electron chi connectivity index (χ2n) is 9.70. The van der Waals surface area contributed by atoms with Crippen molar-refractivity contribution >= 4 is 17.8 Å². The molecular weight excluding hydrogens is 485 g/mol. The van der Waals surface area contributed by atoms with Gasteiger partial charge in [-0.05, 0) is 29.2 Å². The number of hydrogen-bond donors (Lipinski definition) is 2. The Labute approximate surface area is 213 Å². The zero-order valence-electron chi connectivity index (χ0n) is 20.8. The summed E-state index contributed by atoms with van der Waals surface area (Å²) >= 11 is 0. The van der Waals surface area contributed by atoms with Crippen molar-refractivity contribution in [2.75, 3.05) is 20.1 Å². The van der Waals surface area contributed by atoms with Gasteiger partial charge in [-0.25, -0.2) is 4.79 Å². The maximum atomic E-state index is 13.8. The number of urea groups is 1. The molecule has 37 heavy (non-hydrogen) atoms. The molecule has 0 spiro atoms. The molecule has 0 fully saturated rings. The average molecular weight is 515 g/mol. The molecular formula is C27H29F3N4O3. The van der Waals surface area contributed by atoms with Crippen LogP contribution < -0.4 is 10.6 Å². The molecule has 2 N–H and O–H groups in total. The normalized spacial score (nSPS) is 18.7. The molecule has 4 amide bonds. The predicted molar refractivity (Wildman–Crippen MR) is 131 cm³/mol. The first-order valence-corrected chi connectivity index (χ1v) is 12.0. The molecule has 2 unspecified atom stereocenters. The summed E-state index contributed by atoms with van der Waals surface area (Å²) in [6.07, 6.45) is -4.24. The Morgan fingerprint density at radius 1 is 1.08 bits per heavy atom. The highest BCUT2D eigenvalue weighted by atomic mass is 19.4. The molecule has 4 rings (SSSR count).